The van der Waals surface area contributed by atoms with E-state index >= 15 is 0 Å². The van der Waals surface area contributed by atoms with Crippen molar-refractivity contribution in [2.24, 2.45) is 0 Å². The molecular formula is C11H6BrClN2O3. The summed E-state index contributed by atoms with van der Waals surface area (Å²) in [6, 6.07) is 4.63. The number of halogens is 2. The van der Waals surface area contributed by atoms with Gasteiger partial charge in [0.15, 0.2) is 5.15 Å². The van der Waals surface area contributed by atoms with E-state index in [1.165, 1.54) is 24.5 Å². The predicted octanol–water partition coefficient (Wildman–Crippen LogP) is 3.38. The van der Waals surface area contributed by atoms with E-state index in [0.717, 1.165) is 0 Å². The smallest absolute Gasteiger partial charge is 0.339 e. The zero-order valence-electron chi connectivity index (χ0n) is 8.80. The summed E-state index contributed by atoms with van der Waals surface area (Å²) in [5.74, 6) is -0.795. The first kappa shape index (κ1) is 12.8. The van der Waals surface area contributed by atoms with E-state index in [0.29, 0.717) is 4.47 Å². The van der Waals surface area contributed by atoms with Crippen molar-refractivity contribution in [2.45, 2.75) is 0 Å². The Hall–Kier alpha value is -1.66. The second-order valence-corrected chi connectivity index (χ2v) is 4.53. The molecule has 0 saturated carbocycles. The zero-order chi connectivity index (χ0) is 13.1. The van der Waals surface area contributed by atoms with Gasteiger partial charge in [0, 0.05) is 4.47 Å². The molecule has 1 aromatic heterocycles. The third kappa shape index (κ3) is 2.96. The first-order valence-corrected chi connectivity index (χ1v) is 5.91. The Bertz CT molecular complexity index is 607. The Labute approximate surface area is 116 Å². The van der Waals surface area contributed by atoms with Crippen molar-refractivity contribution in [3.63, 3.8) is 0 Å². The summed E-state index contributed by atoms with van der Waals surface area (Å²) in [4.78, 5) is 18.7. The highest BCUT2D eigenvalue weighted by molar-refractivity contribution is 9.10. The number of ether oxygens (including phenoxy) is 1. The molecule has 2 rings (SSSR count). The third-order valence-corrected chi connectivity index (χ3v) is 2.64. The minimum atomic E-state index is -1.10. The minimum absolute atomic E-state index is 0.0196. The lowest BCUT2D eigenvalue weighted by Crippen LogP contribution is -2.00. The molecule has 0 saturated heterocycles. The number of aromatic nitrogens is 2. The molecule has 1 N–H and O–H groups in total. The standard InChI is InChI=1S/C11H6BrClN2O3/c12-6-1-2-8(7(3-6)11(16)17)18-10-5-14-4-9(13)15-10/h1-5H,(H,16,17). The van der Waals surface area contributed by atoms with Crippen molar-refractivity contribution in [3.8, 4) is 11.6 Å². The maximum Gasteiger partial charge on any atom is 0.339 e. The summed E-state index contributed by atoms with van der Waals surface area (Å²) in [6.07, 6.45) is 2.70. The Balaban J connectivity index is 2.37. The number of benzene rings is 1. The van der Waals surface area contributed by atoms with Crippen LogP contribution in [0.1, 0.15) is 10.4 Å². The number of hydrogen-bond donors (Lipinski definition) is 1. The molecule has 2 aromatic rings. The highest BCUT2D eigenvalue weighted by Crippen LogP contribution is 2.27. The summed E-state index contributed by atoms with van der Waals surface area (Å²) in [5.41, 5.74) is 0.0196. The summed E-state index contributed by atoms with van der Waals surface area (Å²) in [6.45, 7) is 0. The van der Waals surface area contributed by atoms with Crippen LogP contribution in [0, 0.1) is 0 Å². The molecule has 0 bridgehead atoms. The maximum atomic E-state index is 11.1. The van der Waals surface area contributed by atoms with Crippen molar-refractivity contribution in [1.82, 2.24) is 9.97 Å². The molecule has 0 unspecified atom stereocenters. The molecule has 5 nitrogen and oxygen atoms in total. The van der Waals surface area contributed by atoms with Gasteiger partial charge in [0.25, 0.3) is 0 Å². The Morgan fingerprint density at radius 3 is 2.83 bits per heavy atom. The van der Waals surface area contributed by atoms with Gasteiger partial charge in [-0.1, -0.05) is 27.5 Å². The van der Waals surface area contributed by atoms with Crippen LogP contribution in [0.25, 0.3) is 0 Å². The summed E-state index contributed by atoms with van der Waals surface area (Å²) in [5, 5.41) is 9.23. The van der Waals surface area contributed by atoms with Crippen LogP contribution in [0.15, 0.2) is 35.1 Å². The Morgan fingerprint density at radius 2 is 2.17 bits per heavy atom. The molecule has 7 heteroatoms. The van der Waals surface area contributed by atoms with Crippen LogP contribution in [0.3, 0.4) is 0 Å². The number of carboxylic acids is 1. The van der Waals surface area contributed by atoms with E-state index < -0.39 is 5.97 Å². The van der Waals surface area contributed by atoms with Crippen molar-refractivity contribution in [3.05, 3.63) is 45.8 Å². The van der Waals surface area contributed by atoms with Crippen LogP contribution in [0.5, 0.6) is 11.6 Å². The van der Waals surface area contributed by atoms with Crippen molar-refractivity contribution < 1.29 is 14.6 Å². The lowest BCUT2D eigenvalue weighted by Gasteiger charge is -2.07. The SMILES string of the molecule is O=C(O)c1cc(Br)ccc1Oc1cncc(Cl)n1. The molecule has 0 amide bonds. The third-order valence-electron chi connectivity index (χ3n) is 1.97. The molecule has 0 aliphatic carbocycles. The van der Waals surface area contributed by atoms with E-state index in [-0.39, 0.29) is 22.3 Å². The first-order chi connectivity index (χ1) is 8.56. The van der Waals surface area contributed by atoms with Gasteiger partial charge in [0.1, 0.15) is 11.3 Å². The van der Waals surface area contributed by atoms with Crippen LogP contribution < -0.4 is 4.74 Å². The van der Waals surface area contributed by atoms with E-state index in [4.69, 9.17) is 21.4 Å². The van der Waals surface area contributed by atoms with Crippen molar-refractivity contribution in [1.29, 1.82) is 0 Å². The first-order valence-electron chi connectivity index (χ1n) is 4.74. The number of carbonyl (C=O) groups is 1. The van der Waals surface area contributed by atoms with E-state index in [1.807, 2.05) is 0 Å². The molecular weight excluding hydrogens is 323 g/mol. The molecule has 18 heavy (non-hydrogen) atoms. The fraction of sp³-hybridized carbons (Fsp3) is 0. The Morgan fingerprint density at radius 1 is 1.39 bits per heavy atom. The molecule has 92 valence electrons. The monoisotopic (exact) mass is 328 g/mol. The lowest BCUT2D eigenvalue weighted by atomic mass is 10.2. The van der Waals surface area contributed by atoms with Crippen LogP contribution >= 0.6 is 27.5 Å². The molecule has 0 atom stereocenters. The van der Waals surface area contributed by atoms with Crippen molar-refractivity contribution >= 4 is 33.5 Å². The van der Waals surface area contributed by atoms with E-state index in [2.05, 4.69) is 25.9 Å². The van der Waals surface area contributed by atoms with Crippen LogP contribution in [-0.2, 0) is 0 Å². The molecule has 0 spiro atoms. The summed E-state index contributed by atoms with van der Waals surface area (Å²) >= 11 is 8.85. The zero-order valence-corrected chi connectivity index (χ0v) is 11.1. The van der Waals surface area contributed by atoms with Gasteiger partial charge in [0.05, 0.1) is 12.4 Å². The summed E-state index contributed by atoms with van der Waals surface area (Å²) in [7, 11) is 0. The molecule has 1 heterocycles. The number of nitrogens with zero attached hydrogens (tertiary/aromatic N) is 2. The van der Waals surface area contributed by atoms with Crippen LogP contribution in [0.4, 0.5) is 0 Å². The minimum Gasteiger partial charge on any atom is -0.478 e. The van der Waals surface area contributed by atoms with Crippen LogP contribution in [-0.4, -0.2) is 21.0 Å². The van der Waals surface area contributed by atoms with Crippen LogP contribution in [0.2, 0.25) is 5.15 Å². The number of carboxylic acid groups (broad SMARTS) is 1. The highest BCUT2D eigenvalue weighted by Gasteiger charge is 2.13. The maximum absolute atomic E-state index is 11.1. The number of hydrogen-bond acceptors (Lipinski definition) is 4. The van der Waals surface area contributed by atoms with Gasteiger partial charge in [-0.15, -0.1) is 0 Å². The predicted molar refractivity (Wildman–Crippen MR) is 68.2 cm³/mol. The fourth-order valence-electron chi connectivity index (χ4n) is 1.25. The molecule has 0 aliphatic rings. The largest absolute Gasteiger partial charge is 0.478 e. The molecule has 1 aromatic carbocycles. The second-order valence-electron chi connectivity index (χ2n) is 3.23. The summed E-state index contributed by atoms with van der Waals surface area (Å²) < 4.78 is 5.99. The second kappa shape index (κ2) is 5.32. The lowest BCUT2D eigenvalue weighted by molar-refractivity contribution is 0.0694. The number of rotatable bonds is 3. The average molecular weight is 330 g/mol. The van der Waals surface area contributed by atoms with E-state index in [9.17, 15) is 4.79 Å². The number of aromatic carboxylic acids is 1. The van der Waals surface area contributed by atoms with Gasteiger partial charge >= 0.3 is 5.97 Å². The van der Waals surface area contributed by atoms with Gasteiger partial charge in [-0.25, -0.2) is 4.79 Å². The fourth-order valence-corrected chi connectivity index (χ4v) is 1.75. The van der Waals surface area contributed by atoms with Gasteiger partial charge in [0.2, 0.25) is 5.88 Å². The molecule has 0 fully saturated rings. The Kier molecular flexibility index (Phi) is 3.78. The van der Waals surface area contributed by atoms with E-state index in [1.54, 1.807) is 6.07 Å². The quantitative estimate of drug-likeness (QED) is 0.934. The normalized spacial score (nSPS) is 10.1. The molecule has 0 aliphatic heterocycles. The highest BCUT2D eigenvalue weighted by atomic mass is 79.9. The average Bonchev–Trinajstić information content (AvgIpc) is 2.31. The molecule has 0 radical (unpaired) electrons. The van der Waals surface area contributed by atoms with Crippen molar-refractivity contribution in [2.75, 3.05) is 0 Å². The van der Waals surface area contributed by atoms with Gasteiger partial charge < -0.3 is 9.84 Å². The van der Waals surface area contributed by atoms with Gasteiger partial charge in [-0.05, 0) is 18.2 Å². The van der Waals surface area contributed by atoms with Gasteiger partial charge in [-0.2, -0.15) is 4.98 Å². The van der Waals surface area contributed by atoms with Gasteiger partial charge in [-0.3, -0.25) is 4.98 Å². The topological polar surface area (TPSA) is 72.3 Å².